The summed E-state index contributed by atoms with van der Waals surface area (Å²) in [5.74, 6) is 0. The quantitative estimate of drug-likeness (QED) is 0.705. The molecule has 2 fully saturated rings. The SMILES string of the molecule is CC1NC(C)C2CCC1N2C(=O)OC(C)(C)C. The van der Waals surface area contributed by atoms with Gasteiger partial charge in [-0.25, -0.2) is 4.79 Å². The van der Waals surface area contributed by atoms with Crippen LogP contribution >= 0.6 is 0 Å². The van der Waals surface area contributed by atoms with Crippen molar-refractivity contribution in [3.8, 4) is 0 Å². The molecule has 4 atom stereocenters. The molecule has 4 heteroatoms. The molecule has 1 N–H and O–H groups in total. The fourth-order valence-electron chi connectivity index (χ4n) is 3.07. The molecule has 98 valence electrons. The van der Waals surface area contributed by atoms with Crippen molar-refractivity contribution in [3.05, 3.63) is 0 Å². The number of amides is 1. The van der Waals surface area contributed by atoms with Gasteiger partial charge >= 0.3 is 6.09 Å². The van der Waals surface area contributed by atoms with E-state index < -0.39 is 5.60 Å². The molecule has 2 saturated heterocycles. The number of nitrogens with one attached hydrogen (secondary N) is 1. The van der Waals surface area contributed by atoms with Gasteiger partial charge in [-0.05, 0) is 47.5 Å². The molecule has 2 aliphatic rings. The lowest BCUT2D eigenvalue weighted by Gasteiger charge is -2.43. The lowest BCUT2D eigenvalue weighted by atomic mass is 10.0. The zero-order valence-electron chi connectivity index (χ0n) is 11.5. The molecule has 0 aromatic rings. The summed E-state index contributed by atoms with van der Waals surface area (Å²) in [5, 5.41) is 3.54. The molecule has 0 saturated carbocycles. The molecule has 4 unspecified atom stereocenters. The zero-order chi connectivity index (χ0) is 12.8. The third-order valence-corrected chi connectivity index (χ3v) is 3.76. The van der Waals surface area contributed by atoms with Crippen molar-refractivity contribution in [3.63, 3.8) is 0 Å². The molecule has 4 nitrogen and oxygen atoms in total. The Balaban J connectivity index is 2.13. The maximum absolute atomic E-state index is 12.2. The van der Waals surface area contributed by atoms with Crippen LogP contribution in [0.25, 0.3) is 0 Å². The van der Waals surface area contributed by atoms with Crippen LogP contribution in [0.2, 0.25) is 0 Å². The lowest BCUT2D eigenvalue weighted by molar-refractivity contribution is -0.000885. The molecule has 2 aliphatic heterocycles. The van der Waals surface area contributed by atoms with Crippen LogP contribution in [0.4, 0.5) is 4.79 Å². The van der Waals surface area contributed by atoms with Crippen molar-refractivity contribution in [1.29, 1.82) is 0 Å². The summed E-state index contributed by atoms with van der Waals surface area (Å²) >= 11 is 0. The molecular weight excluding hydrogens is 216 g/mol. The number of carbonyl (C=O) groups excluding carboxylic acids is 1. The predicted octanol–water partition coefficient (Wildman–Crippen LogP) is 2.13. The second-order valence-electron chi connectivity index (χ2n) is 6.34. The predicted molar refractivity (Wildman–Crippen MR) is 66.9 cm³/mol. The van der Waals surface area contributed by atoms with E-state index in [-0.39, 0.29) is 6.09 Å². The minimum absolute atomic E-state index is 0.148. The van der Waals surface area contributed by atoms with Gasteiger partial charge in [0.15, 0.2) is 0 Å². The smallest absolute Gasteiger partial charge is 0.410 e. The molecule has 1 amide bonds. The third-order valence-electron chi connectivity index (χ3n) is 3.76. The Kier molecular flexibility index (Phi) is 3.10. The Morgan fingerprint density at radius 3 is 2.06 bits per heavy atom. The molecule has 17 heavy (non-hydrogen) atoms. The Labute approximate surface area is 104 Å². The highest BCUT2D eigenvalue weighted by atomic mass is 16.6. The van der Waals surface area contributed by atoms with Crippen molar-refractivity contribution >= 4 is 6.09 Å². The van der Waals surface area contributed by atoms with Gasteiger partial charge in [-0.2, -0.15) is 0 Å². The van der Waals surface area contributed by atoms with Gasteiger partial charge in [-0.15, -0.1) is 0 Å². The zero-order valence-corrected chi connectivity index (χ0v) is 11.5. The van der Waals surface area contributed by atoms with Crippen LogP contribution in [-0.4, -0.2) is 40.8 Å². The standard InChI is InChI=1S/C13H24N2O2/c1-8-10-6-7-11(9(2)14-8)15(10)12(16)17-13(3,4)5/h8-11,14H,6-7H2,1-5H3. The number of ether oxygens (including phenoxy) is 1. The van der Waals surface area contributed by atoms with Crippen molar-refractivity contribution in [2.75, 3.05) is 0 Å². The summed E-state index contributed by atoms with van der Waals surface area (Å²) in [6, 6.07) is 1.31. The lowest BCUT2D eigenvalue weighted by Crippen LogP contribution is -2.63. The van der Waals surface area contributed by atoms with Gasteiger partial charge in [0.05, 0.1) is 12.1 Å². The van der Waals surface area contributed by atoms with Crippen LogP contribution in [0, 0.1) is 0 Å². The van der Waals surface area contributed by atoms with E-state index in [2.05, 4.69) is 19.2 Å². The molecular formula is C13H24N2O2. The Morgan fingerprint density at radius 2 is 1.65 bits per heavy atom. The van der Waals surface area contributed by atoms with E-state index in [4.69, 9.17) is 4.74 Å². The van der Waals surface area contributed by atoms with Crippen molar-refractivity contribution < 1.29 is 9.53 Å². The fourth-order valence-corrected chi connectivity index (χ4v) is 3.07. The average Bonchev–Trinajstić information content (AvgIpc) is 2.52. The topological polar surface area (TPSA) is 41.6 Å². The van der Waals surface area contributed by atoms with E-state index in [0.29, 0.717) is 24.2 Å². The normalized spacial score (nSPS) is 37.1. The van der Waals surface area contributed by atoms with Gasteiger partial charge in [-0.1, -0.05) is 0 Å². The molecule has 2 heterocycles. The minimum Gasteiger partial charge on any atom is -0.444 e. The number of hydrogen-bond acceptors (Lipinski definition) is 3. The highest BCUT2D eigenvalue weighted by Gasteiger charge is 2.47. The van der Waals surface area contributed by atoms with Gasteiger partial charge in [0, 0.05) is 12.1 Å². The van der Waals surface area contributed by atoms with E-state index >= 15 is 0 Å². The van der Waals surface area contributed by atoms with E-state index in [1.165, 1.54) is 0 Å². The van der Waals surface area contributed by atoms with Crippen molar-refractivity contribution in [1.82, 2.24) is 10.2 Å². The number of carbonyl (C=O) groups is 1. The van der Waals surface area contributed by atoms with Crippen LogP contribution in [0.5, 0.6) is 0 Å². The van der Waals surface area contributed by atoms with E-state index in [9.17, 15) is 4.79 Å². The number of hydrogen-bond donors (Lipinski definition) is 1. The van der Waals surface area contributed by atoms with Crippen molar-refractivity contribution in [2.24, 2.45) is 0 Å². The summed E-state index contributed by atoms with van der Waals surface area (Å²) in [6.07, 6.45) is 2.02. The molecule has 2 rings (SSSR count). The first-order valence-corrected chi connectivity index (χ1v) is 6.57. The number of fused-ring (bicyclic) bond motifs is 2. The maximum Gasteiger partial charge on any atom is 0.410 e. The van der Waals surface area contributed by atoms with Crippen molar-refractivity contribution in [2.45, 2.75) is 77.2 Å². The summed E-state index contributed by atoms with van der Waals surface area (Å²) in [6.45, 7) is 10.1. The maximum atomic E-state index is 12.2. The van der Waals surface area contributed by atoms with Crippen LogP contribution in [0.1, 0.15) is 47.5 Å². The highest BCUT2D eigenvalue weighted by Crippen LogP contribution is 2.33. The summed E-state index contributed by atoms with van der Waals surface area (Å²) < 4.78 is 5.51. The van der Waals surface area contributed by atoms with Gasteiger partial charge in [-0.3, -0.25) is 4.90 Å². The van der Waals surface area contributed by atoms with E-state index in [0.717, 1.165) is 12.8 Å². The summed E-state index contributed by atoms with van der Waals surface area (Å²) in [4.78, 5) is 14.2. The van der Waals surface area contributed by atoms with Crippen LogP contribution in [0.15, 0.2) is 0 Å². The Hall–Kier alpha value is -0.770. The molecule has 0 aromatic carbocycles. The minimum atomic E-state index is -0.409. The number of piperazine rings is 1. The van der Waals surface area contributed by atoms with Gasteiger partial charge < -0.3 is 10.1 Å². The molecule has 0 aromatic heterocycles. The van der Waals surface area contributed by atoms with Gasteiger partial charge in [0.2, 0.25) is 0 Å². The van der Waals surface area contributed by atoms with Crippen LogP contribution in [-0.2, 0) is 4.74 Å². The second-order valence-corrected chi connectivity index (χ2v) is 6.34. The fraction of sp³-hybridized carbons (Fsp3) is 0.923. The molecule has 0 aliphatic carbocycles. The first kappa shape index (κ1) is 12.7. The number of nitrogens with zero attached hydrogens (tertiary/aromatic N) is 1. The van der Waals surface area contributed by atoms with Gasteiger partial charge in [0.1, 0.15) is 5.60 Å². The molecule has 0 spiro atoms. The van der Waals surface area contributed by atoms with Crippen LogP contribution < -0.4 is 5.32 Å². The largest absolute Gasteiger partial charge is 0.444 e. The average molecular weight is 240 g/mol. The molecule has 2 bridgehead atoms. The first-order valence-electron chi connectivity index (χ1n) is 6.57. The summed E-state index contributed by atoms with van der Waals surface area (Å²) in [7, 11) is 0. The monoisotopic (exact) mass is 240 g/mol. The highest BCUT2D eigenvalue weighted by molar-refractivity contribution is 5.70. The third kappa shape index (κ3) is 2.41. The Bertz CT molecular complexity index is 295. The van der Waals surface area contributed by atoms with E-state index in [1.807, 2.05) is 25.7 Å². The number of rotatable bonds is 0. The first-order chi connectivity index (χ1) is 7.79. The van der Waals surface area contributed by atoms with Gasteiger partial charge in [0.25, 0.3) is 0 Å². The Morgan fingerprint density at radius 1 is 1.18 bits per heavy atom. The second kappa shape index (κ2) is 4.16. The van der Waals surface area contributed by atoms with E-state index in [1.54, 1.807) is 0 Å². The summed E-state index contributed by atoms with van der Waals surface area (Å²) in [5.41, 5.74) is -0.409. The molecule has 0 radical (unpaired) electrons. The van der Waals surface area contributed by atoms with Crippen LogP contribution in [0.3, 0.4) is 0 Å².